The SMILES string of the molecule is CC1CCCCC12CC(=O)NC(=O)C2c1ccc(F)cc1. The van der Waals surface area contributed by atoms with Crippen LogP contribution in [0.15, 0.2) is 24.3 Å². The minimum atomic E-state index is -0.355. The van der Waals surface area contributed by atoms with Crippen molar-refractivity contribution >= 4 is 11.8 Å². The van der Waals surface area contributed by atoms with E-state index < -0.39 is 0 Å². The summed E-state index contributed by atoms with van der Waals surface area (Å²) < 4.78 is 13.2. The number of halogens is 1. The topological polar surface area (TPSA) is 46.2 Å². The summed E-state index contributed by atoms with van der Waals surface area (Å²) in [6.45, 7) is 2.14. The van der Waals surface area contributed by atoms with Crippen molar-refractivity contribution in [2.45, 2.75) is 44.9 Å². The number of hydrogen-bond acceptors (Lipinski definition) is 2. The van der Waals surface area contributed by atoms with Gasteiger partial charge in [-0.3, -0.25) is 14.9 Å². The van der Waals surface area contributed by atoms with Gasteiger partial charge in [0.15, 0.2) is 0 Å². The number of carbonyl (C=O) groups excluding carboxylic acids is 2. The third kappa shape index (κ3) is 2.37. The first-order valence-electron chi connectivity index (χ1n) is 7.62. The number of rotatable bonds is 1. The first kappa shape index (κ1) is 14.2. The predicted molar refractivity (Wildman–Crippen MR) is 77.0 cm³/mol. The largest absolute Gasteiger partial charge is 0.296 e. The third-order valence-corrected chi connectivity index (χ3v) is 5.30. The first-order valence-corrected chi connectivity index (χ1v) is 7.62. The lowest BCUT2D eigenvalue weighted by Gasteiger charge is -2.49. The van der Waals surface area contributed by atoms with Gasteiger partial charge < -0.3 is 0 Å². The Balaban J connectivity index is 2.06. The monoisotopic (exact) mass is 289 g/mol. The molecule has 112 valence electrons. The minimum Gasteiger partial charge on any atom is -0.296 e. The molecule has 3 rings (SSSR count). The third-order valence-electron chi connectivity index (χ3n) is 5.30. The van der Waals surface area contributed by atoms with Crippen LogP contribution < -0.4 is 5.32 Å². The molecule has 0 bridgehead atoms. The standard InChI is InChI=1S/C17H20FNO2/c1-11-4-2-3-9-17(11)10-14(20)19-16(21)15(17)12-5-7-13(18)8-6-12/h5-8,11,15H,2-4,9-10H2,1H3,(H,19,20,21). The van der Waals surface area contributed by atoms with Crippen molar-refractivity contribution in [3.8, 4) is 0 Å². The van der Waals surface area contributed by atoms with Gasteiger partial charge in [-0.1, -0.05) is 38.3 Å². The number of carbonyl (C=O) groups is 2. The van der Waals surface area contributed by atoms with Gasteiger partial charge in [-0.15, -0.1) is 0 Å². The number of benzene rings is 1. The van der Waals surface area contributed by atoms with Crippen LogP contribution in [-0.4, -0.2) is 11.8 Å². The average molecular weight is 289 g/mol. The molecule has 3 nitrogen and oxygen atoms in total. The molecule has 4 heteroatoms. The zero-order valence-corrected chi connectivity index (χ0v) is 12.2. The highest BCUT2D eigenvalue weighted by Gasteiger charge is 2.52. The van der Waals surface area contributed by atoms with E-state index in [-0.39, 0.29) is 29.0 Å². The van der Waals surface area contributed by atoms with Crippen LogP contribution in [-0.2, 0) is 9.59 Å². The quantitative estimate of drug-likeness (QED) is 0.807. The molecule has 0 radical (unpaired) electrons. The lowest BCUT2D eigenvalue weighted by Crippen LogP contribution is -2.54. The number of nitrogens with one attached hydrogen (secondary N) is 1. The molecule has 3 atom stereocenters. The normalized spacial score (nSPS) is 33.0. The van der Waals surface area contributed by atoms with Gasteiger partial charge in [0.1, 0.15) is 5.82 Å². The molecule has 0 aromatic heterocycles. The zero-order chi connectivity index (χ0) is 15.0. The molecule has 1 aromatic rings. The van der Waals surface area contributed by atoms with Crippen LogP contribution in [0.4, 0.5) is 4.39 Å². The van der Waals surface area contributed by atoms with Crippen LogP contribution in [0, 0.1) is 17.2 Å². The van der Waals surface area contributed by atoms with Gasteiger partial charge in [0.25, 0.3) is 0 Å². The summed E-state index contributed by atoms with van der Waals surface area (Å²) in [4.78, 5) is 24.4. The Morgan fingerprint density at radius 2 is 1.90 bits per heavy atom. The van der Waals surface area contributed by atoms with Gasteiger partial charge in [0, 0.05) is 6.42 Å². The molecular weight excluding hydrogens is 269 g/mol. The highest BCUT2D eigenvalue weighted by Crippen LogP contribution is 2.54. The fraction of sp³-hybridized carbons (Fsp3) is 0.529. The molecule has 1 heterocycles. The van der Waals surface area contributed by atoms with Crippen molar-refractivity contribution in [1.29, 1.82) is 0 Å². The highest BCUT2D eigenvalue weighted by molar-refractivity contribution is 6.02. The van der Waals surface area contributed by atoms with Gasteiger partial charge >= 0.3 is 0 Å². The molecular formula is C17H20FNO2. The maximum absolute atomic E-state index is 13.2. The predicted octanol–water partition coefficient (Wildman–Crippen LogP) is 3.15. The van der Waals surface area contributed by atoms with Crippen LogP contribution in [0.3, 0.4) is 0 Å². The summed E-state index contributed by atoms with van der Waals surface area (Å²) in [5.74, 6) is -0.752. The van der Waals surface area contributed by atoms with Crippen molar-refractivity contribution in [1.82, 2.24) is 5.32 Å². The number of imide groups is 1. The molecule has 2 aliphatic rings. The average Bonchev–Trinajstić information content (AvgIpc) is 2.43. The van der Waals surface area contributed by atoms with Crippen molar-refractivity contribution in [3.63, 3.8) is 0 Å². The van der Waals surface area contributed by atoms with Crippen molar-refractivity contribution in [3.05, 3.63) is 35.6 Å². The zero-order valence-electron chi connectivity index (χ0n) is 12.2. The Bertz CT molecular complexity index is 569. The first-order chi connectivity index (χ1) is 10.0. The molecule has 1 aliphatic heterocycles. The Morgan fingerprint density at radius 3 is 2.57 bits per heavy atom. The van der Waals surface area contributed by atoms with E-state index in [4.69, 9.17) is 0 Å². The second-order valence-electron chi connectivity index (χ2n) is 6.45. The maximum Gasteiger partial charge on any atom is 0.234 e. The van der Waals surface area contributed by atoms with E-state index in [0.29, 0.717) is 12.3 Å². The van der Waals surface area contributed by atoms with E-state index in [0.717, 1.165) is 31.2 Å². The molecule has 3 unspecified atom stereocenters. The van der Waals surface area contributed by atoms with Crippen molar-refractivity contribution < 1.29 is 14.0 Å². The second kappa shape index (κ2) is 5.24. The van der Waals surface area contributed by atoms with Gasteiger partial charge in [0.05, 0.1) is 5.92 Å². The summed E-state index contributed by atoms with van der Waals surface area (Å²) in [5.41, 5.74) is 0.505. The molecule has 2 amide bonds. The number of amides is 2. The summed E-state index contributed by atoms with van der Waals surface area (Å²) in [7, 11) is 0. The van der Waals surface area contributed by atoms with Crippen LogP contribution >= 0.6 is 0 Å². The Kier molecular flexibility index (Phi) is 3.56. The fourth-order valence-corrected chi connectivity index (χ4v) is 4.18. The summed E-state index contributed by atoms with van der Waals surface area (Å²) in [5, 5.41) is 2.46. The molecule has 2 fully saturated rings. The summed E-state index contributed by atoms with van der Waals surface area (Å²) in [6.07, 6.45) is 4.51. The van der Waals surface area contributed by atoms with Gasteiger partial charge in [-0.25, -0.2) is 4.39 Å². The van der Waals surface area contributed by atoms with E-state index in [2.05, 4.69) is 12.2 Å². The number of hydrogen-bond donors (Lipinski definition) is 1. The minimum absolute atomic E-state index is 0.174. The summed E-state index contributed by atoms with van der Waals surface area (Å²) >= 11 is 0. The van der Waals surface area contributed by atoms with Gasteiger partial charge in [-0.2, -0.15) is 0 Å². The van der Waals surface area contributed by atoms with E-state index >= 15 is 0 Å². The maximum atomic E-state index is 13.2. The van der Waals surface area contributed by atoms with E-state index in [1.807, 2.05) is 0 Å². The van der Waals surface area contributed by atoms with Crippen LogP contribution in [0.2, 0.25) is 0 Å². The van der Waals surface area contributed by atoms with E-state index in [9.17, 15) is 14.0 Å². The highest BCUT2D eigenvalue weighted by atomic mass is 19.1. The summed E-state index contributed by atoms with van der Waals surface area (Å²) in [6, 6.07) is 6.14. The smallest absolute Gasteiger partial charge is 0.234 e. The van der Waals surface area contributed by atoms with E-state index in [1.165, 1.54) is 12.1 Å². The second-order valence-corrected chi connectivity index (χ2v) is 6.45. The van der Waals surface area contributed by atoms with Crippen molar-refractivity contribution in [2.24, 2.45) is 11.3 Å². The van der Waals surface area contributed by atoms with Crippen molar-refractivity contribution in [2.75, 3.05) is 0 Å². The molecule has 1 spiro atoms. The van der Waals surface area contributed by atoms with Gasteiger partial charge in [0.2, 0.25) is 11.8 Å². The Morgan fingerprint density at radius 1 is 1.19 bits per heavy atom. The van der Waals surface area contributed by atoms with E-state index in [1.54, 1.807) is 12.1 Å². The Hall–Kier alpha value is -1.71. The number of piperidine rings is 1. The molecule has 1 N–H and O–H groups in total. The lowest BCUT2D eigenvalue weighted by molar-refractivity contribution is -0.143. The van der Waals surface area contributed by atoms with Crippen LogP contribution in [0.25, 0.3) is 0 Å². The van der Waals surface area contributed by atoms with Gasteiger partial charge in [-0.05, 0) is 35.4 Å². The van der Waals surface area contributed by atoms with Crippen LogP contribution in [0.5, 0.6) is 0 Å². The van der Waals surface area contributed by atoms with Crippen LogP contribution in [0.1, 0.15) is 50.5 Å². The molecule has 21 heavy (non-hydrogen) atoms. The fourth-order valence-electron chi connectivity index (χ4n) is 4.18. The molecule has 1 saturated heterocycles. The lowest BCUT2D eigenvalue weighted by atomic mass is 9.55. The molecule has 1 aromatic carbocycles. The Labute approximate surface area is 123 Å². The molecule has 1 saturated carbocycles. The molecule has 1 aliphatic carbocycles.